The van der Waals surface area contributed by atoms with Gasteiger partial charge in [-0.05, 0) is 6.42 Å². The maximum atomic E-state index is 12.5. The molecule has 1 unspecified atom stereocenters. The SMILES string of the molecule is CCCn1ccnc1CC(=O)C1CN2CCN1CC2. The quantitative estimate of drug-likeness (QED) is 0.770. The van der Waals surface area contributed by atoms with Crippen molar-refractivity contribution in [1.29, 1.82) is 0 Å². The molecule has 3 fully saturated rings. The van der Waals surface area contributed by atoms with Gasteiger partial charge in [0.05, 0.1) is 12.5 Å². The largest absolute Gasteiger partial charge is 0.335 e. The first-order valence-corrected chi connectivity index (χ1v) is 7.27. The normalized spacial score (nSPS) is 29.6. The number of carbonyl (C=O) groups is 1. The lowest BCUT2D eigenvalue weighted by Crippen LogP contribution is -2.63. The van der Waals surface area contributed by atoms with Gasteiger partial charge < -0.3 is 4.57 Å². The summed E-state index contributed by atoms with van der Waals surface area (Å²) in [6, 6.07) is 0.0919. The van der Waals surface area contributed by atoms with Gasteiger partial charge in [0.25, 0.3) is 0 Å². The third-order valence-electron chi connectivity index (χ3n) is 4.25. The third-order valence-corrected chi connectivity index (χ3v) is 4.25. The molecule has 19 heavy (non-hydrogen) atoms. The number of piperazine rings is 3. The molecule has 4 heterocycles. The van der Waals surface area contributed by atoms with Crippen molar-refractivity contribution >= 4 is 5.78 Å². The van der Waals surface area contributed by atoms with Crippen LogP contribution in [-0.2, 0) is 17.8 Å². The Morgan fingerprint density at radius 3 is 2.79 bits per heavy atom. The van der Waals surface area contributed by atoms with Crippen LogP contribution in [0.2, 0.25) is 0 Å². The van der Waals surface area contributed by atoms with Crippen LogP contribution in [0, 0.1) is 0 Å². The fourth-order valence-corrected chi connectivity index (χ4v) is 3.15. The lowest BCUT2D eigenvalue weighted by molar-refractivity contribution is -0.128. The number of fused-ring (bicyclic) bond motifs is 3. The highest BCUT2D eigenvalue weighted by Crippen LogP contribution is 2.17. The van der Waals surface area contributed by atoms with Crippen molar-refractivity contribution < 1.29 is 4.79 Å². The summed E-state index contributed by atoms with van der Waals surface area (Å²) in [4.78, 5) is 21.6. The summed E-state index contributed by atoms with van der Waals surface area (Å²) in [7, 11) is 0. The van der Waals surface area contributed by atoms with Crippen molar-refractivity contribution in [1.82, 2.24) is 19.4 Å². The van der Waals surface area contributed by atoms with Crippen molar-refractivity contribution in [3.8, 4) is 0 Å². The molecule has 1 atom stereocenters. The van der Waals surface area contributed by atoms with Crippen LogP contribution in [0.1, 0.15) is 19.2 Å². The highest BCUT2D eigenvalue weighted by Gasteiger charge is 2.36. The number of aromatic nitrogens is 2. The first-order chi connectivity index (χ1) is 9.28. The predicted octanol–water partition coefficient (Wildman–Crippen LogP) is 0.405. The molecule has 3 saturated heterocycles. The molecule has 0 amide bonds. The Morgan fingerprint density at radius 2 is 2.16 bits per heavy atom. The Balaban J connectivity index is 1.66. The second-order valence-electron chi connectivity index (χ2n) is 5.53. The Morgan fingerprint density at radius 1 is 1.37 bits per heavy atom. The van der Waals surface area contributed by atoms with Crippen molar-refractivity contribution in [3.63, 3.8) is 0 Å². The molecule has 5 nitrogen and oxygen atoms in total. The summed E-state index contributed by atoms with van der Waals surface area (Å²) in [5, 5.41) is 0. The number of ketones is 1. The van der Waals surface area contributed by atoms with Crippen molar-refractivity contribution in [2.24, 2.45) is 0 Å². The van der Waals surface area contributed by atoms with E-state index in [1.807, 2.05) is 6.20 Å². The summed E-state index contributed by atoms with van der Waals surface area (Å²) >= 11 is 0. The number of Topliss-reactive ketones (excluding diaryl/α,β-unsaturated/α-hetero) is 1. The van der Waals surface area contributed by atoms with Gasteiger partial charge >= 0.3 is 0 Å². The number of hydrogen-bond donors (Lipinski definition) is 0. The lowest BCUT2D eigenvalue weighted by atomic mass is 10.0. The van der Waals surface area contributed by atoms with E-state index >= 15 is 0 Å². The van der Waals surface area contributed by atoms with Gasteiger partial charge in [-0.3, -0.25) is 14.6 Å². The zero-order chi connectivity index (χ0) is 13.2. The number of hydrogen-bond acceptors (Lipinski definition) is 4. The number of imidazole rings is 1. The molecule has 0 aliphatic carbocycles. The number of nitrogens with zero attached hydrogens (tertiary/aromatic N) is 4. The van der Waals surface area contributed by atoms with Crippen LogP contribution in [0.15, 0.2) is 12.4 Å². The van der Waals surface area contributed by atoms with Gasteiger partial charge in [-0.15, -0.1) is 0 Å². The van der Waals surface area contributed by atoms with Crippen molar-refractivity contribution in [3.05, 3.63) is 18.2 Å². The van der Waals surface area contributed by atoms with Crippen molar-refractivity contribution in [2.45, 2.75) is 32.4 Å². The van der Waals surface area contributed by atoms with E-state index < -0.39 is 0 Å². The average Bonchev–Trinajstić information content (AvgIpc) is 2.88. The average molecular weight is 262 g/mol. The highest BCUT2D eigenvalue weighted by molar-refractivity contribution is 5.86. The van der Waals surface area contributed by atoms with E-state index in [4.69, 9.17) is 0 Å². The minimum atomic E-state index is 0.0919. The van der Waals surface area contributed by atoms with Gasteiger partial charge in [0.2, 0.25) is 0 Å². The van der Waals surface area contributed by atoms with E-state index in [1.54, 1.807) is 6.20 Å². The molecule has 3 aliphatic heterocycles. The van der Waals surface area contributed by atoms with E-state index in [-0.39, 0.29) is 6.04 Å². The molecule has 0 aromatic carbocycles. The Bertz CT molecular complexity index is 448. The minimum absolute atomic E-state index is 0.0919. The van der Waals surface area contributed by atoms with Crippen LogP contribution in [0.25, 0.3) is 0 Å². The van der Waals surface area contributed by atoms with Gasteiger partial charge in [0.15, 0.2) is 5.78 Å². The smallest absolute Gasteiger partial charge is 0.158 e. The van der Waals surface area contributed by atoms with E-state index in [9.17, 15) is 4.79 Å². The molecule has 1 aromatic heterocycles. The van der Waals surface area contributed by atoms with Gasteiger partial charge in [0, 0.05) is 51.7 Å². The Kier molecular flexibility index (Phi) is 3.66. The minimum Gasteiger partial charge on any atom is -0.335 e. The molecule has 0 saturated carbocycles. The topological polar surface area (TPSA) is 41.4 Å². The fraction of sp³-hybridized carbons (Fsp3) is 0.714. The predicted molar refractivity (Wildman–Crippen MR) is 73.0 cm³/mol. The number of rotatable bonds is 5. The molecule has 0 spiro atoms. The standard InChI is InChI=1S/C14H22N4O/c1-2-4-18-5-3-15-14(18)10-13(19)12-11-16-6-8-17(12)9-7-16/h3,5,12H,2,4,6-11H2,1H3. The van der Waals surface area contributed by atoms with Gasteiger partial charge in [-0.25, -0.2) is 4.98 Å². The van der Waals surface area contributed by atoms with Gasteiger partial charge in [-0.2, -0.15) is 0 Å². The lowest BCUT2D eigenvalue weighted by Gasteiger charge is -2.46. The Hall–Kier alpha value is -1.20. The van der Waals surface area contributed by atoms with Crippen LogP contribution in [0.5, 0.6) is 0 Å². The van der Waals surface area contributed by atoms with E-state index in [1.165, 1.54) is 0 Å². The molecule has 5 heteroatoms. The summed E-state index contributed by atoms with van der Waals surface area (Å²) in [6.07, 6.45) is 5.32. The second kappa shape index (κ2) is 5.43. The van der Waals surface area contributed by atoms with E-state index in [0.29, 0.717) is 12.2 Å². The molecule has 1 aromatic rings. The molecule has 0 N–H and O–H groups in total. The van der Waals surface area contributed by atoms with E-state index in [2.05, 4.69) is 26.3 Å². The summed E-state index contributed by atoms with van der Waals surface area (Å²) in [5.41, 5.74) is 0. The van der Waals surface area contributed by atoms with Crippen LogP contribution < -0.4 is 0 Å². The molecule has 104 valence electrons. The maximum Gasteiger partial charge on any atom is 0.158 e. The summed E-state index contributed by atoms with van der Waals surface area (Å²) in [5.74, 6) is 1.25. The molecular weight excluding hydrogens is 240 g/mol. The second-order valence-corrected chi connectivity index (χ2v) is 5.53. The molecule has 3 aliphatic rings. The molecule has 2 bridgehead atoms. The van der Waals surface area contributed by atoms with Gasteiger partial charge in [-0.1, -0.05) is 6.92 Å². The van der Waals surface area contributed by atoms with Crippen LogP contribution in [0.4, 0.5) is 0 Å². The first kappa shape index (κ1) is 12.8. The molecular formula is C14H22N4O. The fourth-order valence-electron chi connectivity index (χ4n) is 3.15. The first-order valence-electron chi connectivity index (χ1n) is 7.27. The molecule has 4 rings (SSSR count). The molecule has 0 radical (unpaired) electrons. The zero-order valence-electron chi connectivity index (χ0n) is 11.6. The van der Waals surface area contributed by atoms with E-state index in [0.717, 1.165) is 51.5 Å². The van der Waals surface area contributed by atoms with Gasteiger partial charge in [0.1, 0.15) is 5.82 Å². The van der Waals surface area contributed by atoms with Crippen LogP contribution in [-0.4, -0.2) is 63.9 Å². The third kappa shape index (κ3) is 2.58. The Labute approximate surface area is 114 Å². The summed E-state index contributed by atoms with van der Waals surface area (Å²) < 4.78 is 2.11. The zero-order valence-corrected chi connectivity index (χ0v) is 11.6. The van der Waals surface area contributed by atoms with Crippen molar-refractivity contribution in [2.75, 3.05) is 32.7 Å². The van der Waals surface area contributed by atoms with Crippen LogP contribution in [0.3, 0.4) is 0 Å². The monoisotopic (exact) mass is 262 g/mol. The highest BCUT2D eigenvalue weighted by atomic mass is 16.1. The number of carbonyl (C=O) groups excluding carboxylic acids is 1. The number of aryl methyl sites for hydroxylation is 1. The maximum absolute atomic E-state index is 12.5. The van der Waals surface area contributed by atoms with Crippen LogP contribution >= 0.6 is 0 Å². The summed E-state index contributed by atoms with van der Waals surface area (Å²) in [6.45, 7) is 8.32.